The number of hydrogen-bond acceptors (Lipinski definition) is 4. The number of ether oxygens (including phenoxy) is 2. The van der Waals surface area contributed by atoms with E-state index in [0.717, 1.165) is 0 Å². The highest BCUT2D eigenvalue weighted by Gasteiger charge is 2.17. The van der Waals surface area contributed by atoms with Crippen LogP contribution in [0, 0.1) is 0 Å². The molecule has 0 bridgehead atoms. The molecular formula is C14H11Cl2NO3. The van der Waals surface area contributed by atoms with Gasteiger partial charge in [-0.2, -0.15) is 0 Å². The number of pyridine rings is 1. The van der Waals surface area contributed by atoms with Crippen molar-refractivity contribution in [2.75, 3.05) is 6.61 Å². The van der Waals surface area contributed by atoms with Crippen LogP contribution in [-0.4, -0.2) is 17.6 Å². The van der Waals surface area contributed by atoms with Gasteiger partial charge in [0, 0.05) is 0 Å². The van der Waals surface area contributed by atoms with Gasteiger partial charge >= 0.3 is 5.97 Å². The summed E-state index contributed by atoms with van der Waals surface area (Å²) in [5, 5.41) is 0.340. The van der Waals surface area contributed by atoms with E-state index in [1.807, 2.05) is 6.92 Å². The first-order chi connectivity index (χ1) is 9.61. The van der Waals surface area contributed by atoms with Gasteiger partial charge in [0.2, 0.25) is 0 Å². The Kier molecular flexibility index (Phi) is 4.82. The Balaban J connectivity index is 2.26. The molecule has 0 spiro atoms. The van der Waals surface area contributed by atoms with Crippen molar-refractivity contribution in [3.05, 3.63) is 52.3 Å². The third-order valence-electron chi connectivity index (χ3n) is 2.36. The monoisotopic (exact) mass is 311 g/mol. The Bertz CT molecular complexity index is 632. The first-order valence-electron chi connectivity index (χ1n) is 5.88. The Morgan fingerprint density at radius 3 is 2.55 bits per heavy atom. The SMILES string of the molecule is CCOc1ccccc1OC(=O)c1nc(Cl)ccc1Cl. The number of halogens is 2. The minimum atomic E-state index is -0.690. The summed E-state index contributed by atoms with van der Waals surface area (Å²) in [4.78, 5) is 15.9. The molecule has 6 heteroatoms. The molecule has 0 aliphatic carbocycles. The van der Waals surface area contributed by atoms with Crippen LogP contribution in [-0.2, 0) is 0 Å². The first-order valence-corrected chi connectivity index (χ1v) is 6.63. The molecule has 0 atom stereocenters. The fourth-order valence-electron chi connectivity index (χ4n) is 1.52. The van der Waals surface area contributed by atoms with Gasteiger partial charge < -0.3 is 9.47 Å². The van der Waals surface area contributed by atoms with E-state index >= 15 is 0 Å². The third kappa shape index (κ3) is 3.40. The number of rotatable bonds is 4. The molecule has 2 rings (SSSR count). The third-order valence-corrected chi connectivity index (χ3v) is 2.87. The van der Waals surface area contributed by atoms with Gasteiger partial charge in [0.15, 0.2) is 17.2 Å². The standard InChI is InChI=1S/C14H11Cl2NO3/c1-2-19-10-5-3-4-6-11(10)20-14(18)13-9(15)7-8-12(16)17-13/h3-8H,2H2,1H3. The summed E-state index contributed by atoms with van der Waals surface area (Å²) in [7, 11) is 0. The zero-order valence-corrected chi connectivity index (χ0v) is 12.1. The van der Waals surface area contributed by atoms with E-state index < -0.39 is 5.97 Å². The summed E-state index contributed by atoms with van der Waals surface area (Å²) in [5.41, 5.74) is -0.0366. The fraction of sp³-hybridized carbons (Fsp3) is 0.143. The van der Waals surface area contributed by atoms with Gasteiger partial charge in [0.25, 0.3) is 0 Å². The minimum absolute atomic E-state index is 0.0366. The number of para-hydroxylation sites is 2. The number of benzene rings is 1. The molecule has 0 saturated carbocycles. The number of esters is 1. The van der Waals surface area contributed by atoms with Crippen molar-refractivity contribution in [2.45, 2.75) is 6.92 Å². The molecule has 20 heavy (non-hydrogen) atoms. The van der Waals surface area contributed by atoms with E-state index in [1.54, 1.807) is 24.3 Å². The highest BCUT2D eigenvalue weighted by Crippen LogP contribution is 2.28. The predicted octanol–water partition coefficient (Wildman–Crippen LogP) is 4.01. The number of nitrogens with zero attached hydrogens (tertiary/aromatic N) is 1. The number of carbonyl (C=O) groups excluding carboxylic acids is 1. The van der Waals surface area contributed by atoms with Crippen molar-refractivity contribution < 1.29 is 14.3 Å². The molecule has 0 aliphatic heterocycles. The van der Waals surface area contributed by atoms with Crippen molar-refractivity contribution in [2.24, 2.45) is 0 Å². The van der Waals surface area contributed by atoms with Gasteiger partial charge in [-0.3, -0.25) is 0 Å². The molecule has 0 N–H and O–H groups in total. The maximum atomic E-state index is 12.1. The Morgan fingerprint density at radius 2 is 1.85 bits per heavy atom. The van der Waals surface area contributed by atoms with Crippen LogP contribution in [0.2, 0.25) is 10.2 Å². The summed E-state index contributed by atoms with van der Waals surface area (Å²) in [5.74, 6) is 0.0864. The Morgan fingerprint density at radius 1 is 1.15 bits per heavy atom. The molecule has 0 radical (unpaired) electrons. The molecule has 104 valence electrons. The van der Waals surface area contributed by atoms with Gasteiger partial charge in [0.05, 0.1) is 11.6 Å². The summed E-state index contributed by atoms with van der Waals surface area (Å²) < 4.78 is 10.6. The molecule has 0 saturated heterocycles. The fourth-order valence-corrected chi connectivity index (χ4v) is 1.85. The zero-order chi connectivity index (χ0) is 14.5. The normalized spacial score (nSPS) is 10.2. The quantitative estimate of drug-likeness (QED) is 0.486. The van der Waals surface area contributed by atoms with Gasteiger partial charge in [0.1, 0.15) is 5.15 Å². The molecule has 1 heterocycles. The van der Waals surface area contributed by atoms with E-state index in [2.05, 4.69) is 4.98 Å². The topological polar surface area (TPSA) is 48.4 Å². The van der Waals surface area contributed by atoms with Crippen LogP contribution in [0.5, 0.6) is 11.5 Å². The molecule has 0 aliphatic rings. The van der Waals surface area contributed by atoms with Crippen molar-refractivity contribution >= 4 is 29.2 Å². The second-order valence-electron chi connectivity index (χ2n) is 3.73. The maximum absolute atomic E-state index is 12.1. The second kappa shape index (κ2) is 6.59. The van der Waals surface area contributed by atoms with Gasteiger partial charge in [-0.05, 0) is 31.2 Å². The largest absolute Gasteiger partial charge is 0.490 e. The lowest BCUT2D eigenvalue weighted by Gasteiger charge is -2.10. The van der Waals surface area contributed by atoms with Crippen LogP contribution in [0.1, 0.15) is 17.4 Å². The molecule has 1 aromatic carbocycles. The lowest BCUT2D eigenvalue weighted by Crippen LogP contribution is -2.12. The number of hydrogen-bond donors (Lipinski definition) is 0. The molecule has 0 fully saturated rings. The number of aromatic nitrogens is 1. The zero-order valence-electron chi connectivity index (χ0n) is 10.6. The average Bonchev–Trinajstić information content (AvgIpc) is 2.44. The molecule has 2 aromatic rings. The van der Waals surface area contributed by atoms with Crippen LogP contribution in [0.3, 0.4) is 0 Å². The molecule has 4 nitrogen and oxygen atoms in total. The van der Waals surface area contributed by atoms with Crippen LogP contribution in [0.4, 0.5) is 0 Å². The van der Waals surface area contributed by atoms with Crippen molar-refractivity contribution in [1.29, 1.82) is 0 Å². The van der Waals surface area contributed by atoms with E-state index in [9.17, 15) is 4.79 Å². The van der Waals surface area contributed by atoms with Crippen LogP contribution < -0.4 is 9.47 Å². The lowest BCUT2D eigenvalue weighted by molar-refractivity contribution is 0.0722. The van der Waals surface area contributed by atoms with Crippen molar-refractivity contribution in [3.63, 3.8) is 0 Å². The Labute approximate surface area is 126 Å². The molecule has 1 aromatic heterocycles. The Hall–Kier alpha value is -1.78. The van der Waals surface area contributed by atoms with Crippen molar-refractivity contribution in [1.82, 2.24) is 4.98 Å². The molecule has 0 amide bonds. The predicted molar refractivity (Wildman–Crippen MR) is 76.8 cm³/mol. The molecular weight excluding hydrogens is 301 g/mol. The lowest BCUT2D eigenvalue weighted by atomic mass is 10.3. The van der Waals surface area contributed by atoms with Gasteiger partial charge in [-0.1, -0.05) is 35.3 Å². The molecule has 0 unspecified atom stereocenters. The van der Waals surface area contributed by atoms with Crippen molar-refractivity contribution in [3.8, 4) is 11.5 Å². The van der Waals surface area contributed by atoms with E-state index in [4.69, 9.17) is 32.7 Å². The maximum Gasteiger partial charge on any atom is 0.364 e. The minimum Gasteiger partial charge on any atom is -0.490 e. The first kappa shape index (κ1) is 14.6. The van der Waals surface area contributed by atoms with Crippen LogP contribution in [0.25, 0.3) is 0 Å². The highest BCUT2D eigenvalue weighted by atomic mass is 35.5. The number of carbonyl (C=O) groups is 1. The summed E-state index contributed by atoms with van der Waals surface area (Å²) in [6.07, 6.45) is 0. The van der Waals surface area contributed by atoms with E-state index in [-0.39, 0.29) is 15.9 Å². The summed E-state index contributed by atoms with van der Waals surface area (Å²) >= 11 is 11.6. The van der Waals surface area contributed by atoms with E-state index in [0.29, 0.717) is 18.1 Å². The van der Waals surface area contributed by atoms with E-state index in [1.165, 1.54) is 12.1 Å². The van der Waals surface area contributed by atoms with Crippen LogP contribution in [0.15, 0.2) is 36.4 Å². The van der Waals surface area contributed by atoms with Crippen LogP contribution >= 0.6 is 23.2 Å². The van der Waals surface area contributed by atoms with Gasteiger partial charge in [-0.25, -0.2) is 9.78 Å². The smallest absolute Gasteiger partial charge is 0.364 e. The highest BCUT2D eigenvalue weighted by molar-refractivity contribution is 6.34. The average molecular weight is 312 g/mol. The summed E-state index contributed by atoms with van der Waals surface area (Å²) in [6.45, 7) is 2.30. The van der Waals surface area contributed by atoms with Gasteiger partial charge in [-0.15, -0.1) is 0 Å². The summed E-state index contributed by atoms with van der Waals surface area (Å²) in [6, 6.07) is 9.84. The second-order valence-corrected chi connectivity index (χ2v) is 4.53.